The first-order chi connectivity index (χ1) is 12.1. The average molecular weight is 342 g/mol. The number of nitrogens with one attached hydrogen (secondary N) is 1. The van der Waals surface area contributed by atoms with Crippen molar-refractivity contribution in [2.45, 2.75) is 39.0 Å². The topological polar surface area (TPSA) is 80.7 Å². The van der Waals surface area contributed by atoms with Crippen LogP contribution < -0.4 is 10.1 Å². The van der Waals surface area contributed by atoms with E-state index in [9.17, 15) is 9.90 Å². The molecule has 1 fully saturated rings. The van der Waals surface area contributed by atoms with Crippen molar-refractivity contribution < 1.29 is 19.4 Å². The van der Waals surface area contributed by atoms with Crippen molar-refractivity contribution in [1.29, 1.82) is 0 Å². The van der Waals surface area contributed by atoms with E-state index >= 15 is 0 Å². The predicted octanol–water partition coefficient (Wildman–Crippen LogP) is 2.71. The summed E-state index contributed by atoms with van der Waals surface area (Å²) < 4.78 is 10.8. The average Bonchev–Trinajstić information content (AvgIpc) is 3.43. The minimum Gasteiger partial charge on any atom is -0.505 e. The summed E-state index contributed by atoms with van der Waals surface area (Å²) in [6.45, 7) is 2.51. The van der Waals surface area contributed by atoms with Gasteiger partial charge in [0.05, 0.1) is 20.3 Å². The maximum absolute atomic E-state index is 12.1. The molecule has 0 bridgehead atoms. The van der Waals surface area contributed by atoms with Crippen LogP contribution in [0.2, 0.25) is 0 Å². The number of aromatic nitrogens is 1. The molecule has 1 aromatic carbocycles. The lowest BCUT2D eigenvalue weighted by atomic mass is 10.1. The van der Waals surface area contributed by atoms with Gasteiger partial charge in [0.2, 0.25) is 0 Å². The van der Waals surface area contributed by atoms with Gasteiger partial charge in [-0.05, 0) is 37.5 Å². The molecular formula is C19H22N2O4. The Morgan fingerprint density at radius 2 is 2.00 bits per heavy atom. The normalized spacial score (nSPS) is 13.5. The number of methoxy groups -OCH3 is 1. The number of nitrogens with zero attached hydrogens (tertiary/aromatic N) is 1. The monoisotopic (exact) mass is 342 g/mol. The number of carbonyl (C=O) groups excluding carboxylic acids is 1. The van der Waals surface area contributed by atoms with Crippen LogP contribution in [0.25, 0.3) is 0 Å². The van der Waals surface area contributed by atoms with Gasteiger partial charge in [0.1, 0.15) is 11.5 Å². The maximum Gasteiger partial charge on any atom is 0.273 e. The Morgan fingerprint density at radius 3 is 2.64 bits per heavy atom. The van der Waals surface area contributed by atoms with Crippen molar-refractivity contribution in [2.24, 2.45) is 0 Å². The fourth-order valence-electron chi connectivity index (χ4n) is 2.42. The molecule has 6 heteroatoms. The van der Waals surface area contributed by atoms with E-state index in [2.05, 4.69) is 10.3 Å². The number of hydrogen-bond acceptors (Lipinski definition) is 5. The van der Waals surface area contributed by atoms with Gasteiger partial charge in [-0.2, -0.15) is 0 Å². The highest BCUT2D eigenvalue weighted by molar-refractivity contribution is 5.95. The zero-order valence-electron chi connectivity index (χ0n) is 14.4. The number of aromatic hydroxyl groups is 1. The molecule has 1 aliphatic rings. The SMILES string of the molecule is COc1ccc(COCc2cnc(C(=O)NC3CC3)c(O)c2C)cc1. The summed E-state index contributed by atoms with van der Waals surface area (Å²) in [5.74, 6) is 0.395. The molecule has 1 amide bonds. The molecule has 0 atom stereocenters. The van der Waals surface area contributed by atoms with Gasteiger partial charge in [0.25, 0.3) is 5.91 Å². The molecule has 0 unspecified atom stereocenters. The van der Waals surface area contributed by atoms with Crippen molar-refractivity contribution in [3.63, 3.8) is 0 Å². The van der Waals surface area contributed by atoms with Gasteiger partial charge in [-0.1, -0.05) is 12.1 Å². The highest BCUT2D eigenvalue weighted by Crippen LogP contribution is 2.26. The second-order valence-corrected chi connectivity index (χ2v) is 6.19. The zero-order chi connectivity index (χ0) is 17.8. The highest BCUT2D eigenvalue weighted by Gasteiger charge is 2.26. The van der Waals surface area contributed by atoms with E-state index in [1.807, 2.05) is 24.3 Å². The zero-order valence-corrected chi connectivity index (χ0v) is 14.4. The summed E-state index contributed by atoms with van der Waals surface area (Å²) >= 11 is 0. The summed E-state index contributed by atoms with van der Waals surface area (Å²) in [5, 5.41) is 13.1. The van der Waals surface area contributed by atoms with Gasteiger partial charge in [0.15, 0.2) is 5.69 Å². The Bertz CT molecular complexity index is 755. The molecule has 1 heterocycles. The van der Waals surface area contributed by atoms with Crippen LogP contribution in [-0.4, -0.2) is 29.1 Å². The minimum absolute atomic E-state index is 0.0725. The maximum atomic E-state index is 12.1. The van der Waals surface area contributed by atoms with E-state index < -0.39 is 0 Å². The number of ether oxygens (including phenoxy) is 2. The largest absolute Gasteiger partial charge is 0.505 e. The van der Waals surface area contributed by atoms with Crippen molar-refractivity contribution >= 4 is 5.91 Å². The third-order valence-electron chi connectivity index (χ3n) is 4.22. The third kappa shape index (κ3) is 4.28. The first-order valence-electron chi connectivity index (χ1n) is 8.27. The van der Waals surface area contributed by atoms with E-state index in [-0.39, 0.29) is 23.4 Å². The molecular weight excluding hydrogens is 320 g/mol. The van der Waals surface area contributed by atoms with Gasteiger partial charge in [-0.3, -0.25) is 4.79 Å². The smallest absolute Gasteiger partial charge is 0.273 e. The summed E-state index contributed by atoms with van der Waals surface area (Å²) in [6, 6.07) is 7.86. The molecule has 0 radical (unpaired) electrons. The molecule has 1 aromatic heterocycles. The van der Waals surface area contributed by atoms with Gasteiger partial charge >= 0.3 is 0 Å². The second kappa shape index (κ2) is 7.53. The van der Waals surface area contributed by atoms with Crippen LogP contribution in [0, 0.1) is 6.92 Å². The fraction of sp³-hybridized carbons (Fsp3) is 0.368. The molecule has 0 saturated heterocycles. The van der Waals surface area contributed by atoms with Crippen LogP contribution in [0.3, 0.4) is 0 Å². The Balaban J connectivity index is 1.60. The van der Waals surface area contributed by atoms with Crippen LogP contribution in [0.5, 0.6) is 11.5 Å². The van der Waals surface area contributed by atoms with Gasteiger partial charge < -0.3 is 19.9 Å². The van der Waals surface area contributed by atoms with E-state index in [1.165, 1.54) is 0 Å². The number of hydrogen-bond donors (Lipinski definition) is 2. The molecule has 0 spiro atoms. The van der Waals surface area contributed by atoms with Gasteiger partial charge in [0, 0.05) is 23.4 Å². The first kappa shape index (κ1) is 17.2. The summed E-state index contributed by atoms with van der Waals surface area (Å²) in [5.41, 5.74) is 2.47. The Labute approximate surface area is 146 Å². The molecule has 1 aliphatic carbocycles. The van der Waals surface area contributed by atoms with Gasteiger partial charge in [-0.15, -0.1) is 0 Å². The lowest BCUT2D eigenvalue weighted by Crippen LogP contribution is -2.26. The van der Waals surface area contributed by atoms with Crippen molar-refractivity contribution in [1.82, 2.24) is 10.3 Å². The van der Waals surface area contributed by atoms with Crippen LogP contribution in [-0.2, 0) is 18.0 Å². The highest BCUT2D eigenvalue weighted by atomic mass is 16.5. The first-order valence-corrected chi connectivity index (χ1v) is 8.27. The lowest BCUT2D eigenvalue weighted by Gasteiger charge is -2.12. The fourth-order valence-corrected chi connectivity index (χ4v) is 2.42. The molecule has 2 aromatic rings. The summed E-state index contributed by atoms with van der Waals surface area (Å²) in [6.07, 6.45) is 3.57. The van der Waals surface area contributed by atoms with Crippen LogP contribution in [0.4, 0.5) is 0 Å². The van der Waals surface area contributed by atoms with Gasteiger partial charge in [-0.25, -0.2) is 4.98 Å². The van der Waals surface area contributed by atoms with E-state index in [0.717, 1.165) is 29.7 Å². The van der Waals surface area contributed by atoms with Crippen LogP contribution in [0.1, 0.15) is 40.0 Å². The molecule has 0 aliphatic heterocycles. The number of amides is 1. The van der Waals surface area contributed by atoms with E-state index in [0.29, 0.717) is 18.8 Å². The number of benzene rings is 1. The second-order valence-electron chi connectivity index (χ2n) is 6.19. The number of carbonyl (C=O) groups is 1. The Kier molecular flexibility index (Phi) is 5.19. The Hall–Kier alpha value is -2.60. The lowest BCUT2D eigenvalue weighted by molar-refractivity contribution is 0.0940. The number of rotatable bonds is 7. The van der Waals surface area contributed by atoms with Crippen molar-refractivity contribution in [2.75, 3.05) is 7.11 Å². The predicted molar refractivity (Wildman–Crippen MR) is 92.6 cm³/mol. The van der Waals surface area contributed by atoms with E-state index in [4.69, 9.17) is 9.47 Å². The third-order valence-corrected chi connectivity index (χ3v) is 4.22. The summed E-state index contributed by atoms with van der Waals surface area (Å²) in [7, 11) is 1.63. The standard InChI is InChI=1S/C19H22N2O4/c1-12-14(11-25-10-13-3-7-16(24-2)8-4-13)9-20-17(18(12)22)19(23)21-15-5-6-15/h3-4,7-9,15,22H,5-6,10-11H2,1-2H3,(H,21,23). The molecule has 3 rings (SSSR count). The molecule has 132 valence electrons. The molecule has 6 nitrogen and oxygen atoms in total. The van der Waals surface area contributed by atoms with Crippen molar-refractivity contribution in [3.05, 3.63) is 52.8 Å². The van der Waals surface area contributed by atoms with Crippen LogP contribution in [0.15, 0.2) is 30.5 Å². The van der Waals surface area contributed by atoms with Crippen LogP contribution >= 0.6 is 0 Å². The van der Waals surface area contributed by atoms with Crippen molar-refractivity contribution in [3.8, 4) is 11.5 Å². The summed E-state index contributed by atoms with van der Waals surface area (Å²) in [4.78, 5) is 16.2. The molecule has 2 N–H and O–H groups in total. The molecule has 1 saturated carbocycles. The quantitative estimate of drug-likeness (QED) is 0.809. The minimum atomic E-state index is -0.325. The Morgan fingerprint density at radius 1 is 1.28 bits per heavy atom. The number of pyridine rings is 1. The van der Waals surface area contributed by atoms with E-state index in [1.54, 1.807) is 20.2 Å². The molecule has 25 heavy (non-hydrogen) atoms.